The molecule has 0 spiro atoms. The summed E-state index contributed by atoms with van der Waals surface area (Å²) in [4.78, 5) is 21.9. The van der Waals surface area contributed by atoms with E-state index in [4.69, 9.17) is 16.7 Å². The second kappa shape index (κ2) is 10.5. The first kappa shape index (κ1) is 17.9. The predicted molar refractivity (Wildman–Crippen MR) is 86.7 cm³/mol. The van der Waals surface area contributed by atoms with E-state index >= 15 is 0 Å². The summed E-state index contributed by atoms with van der Waals surface area (Å²) in [5, 5.41) is 12.0. The van der Waals surface area contributed by atoms with E-state index < -0.39 is 5.97 Å². The number of carboxylic acid groups (broad SMARTS) is 1. The number of amides is 1. The summed E-state index contributed by atoms with van der Waals surface area (Å²) in [5.74, 6) is 0.464. The number of hydrogen-bond acceptors (Lipinski definition) is 3. The Bertz CT molecular complexity index is 451. The smallest absolute Gasteiger partial charge is 0.303 e. The fraction of sp³-hybridized carbons (Fsp3) is 0.467. The first-order valence-electron chi connectivity index (χ1n) is 6.88. The molecule has 0 aliphatic carbocycles. The van der Waals surface area contributed by atoms with Crippen LogP contribution in [0.2, 0.25) is 5.02 Å². The zero-order chi connectivity index (χ0) is 15.5. The Morgan fingerprint density at radius 2 is 1.86 bits per heavy atom. The Hall–Kier alpha value is -1.20. The van der Waals surface area contributed by atoms with Crippen molar-refractivity contribution in [1.82, 2.24) is 5.32 Å². The van der Waals surface area contributed by atoms with Gasteiger partial charge in [-0.2, -0.15) is 0 Å². The predicted octanol–water partition coefficient (Wildman–Crippen LogP) is 3.33. The van der Waals surface area contributed by atoms with E-state index in [1.54, 1.807) is 11.8 Å². The van der Waals surface area contributed by atoms with Crippen molar-refractivity contribution in [2.75, 3.05) is 12.3 Å². The average Bonchev–Trinajstić information content (AvgIpc) is 2.44. The number of benzene rings is 1. The monoisotopic (exact) mass is 329 g/mol. The normalized spacial score (nSPS) is 10.3. The third kappa shape index (κ3) is 9.37. The first-order valence-corrected chi connectivity index (χ1v) is 8.42. The number of carbonyl (C=O) groups is 2. The van der Waals surface area contributed by atoms with Crippen LogP contribution in [0.5, 0.6) is 0 Å². The molecule has 116 valence electrons. The van der Waals surface area contributed by atoms with Crippen molar-refractivity contribution in [3.63, 3.8) is 0 Å². The number of thioether (sulfide) groups is 1. The molecule has 0 aromatic heterocycles. The van der Waals surface area contributed by atoms with E-state index in [9.17, 15) is 9.59 Å². The van der Waals surface area contributed by atoms with Gasteiger partial charge in [-0.3, -0.25) is 9.59 Å². The van der Waals surface area contributed by atoms with Crippen LogP contribution < -0.4 is 5.32 Å². The van der Waals surface area contributed by atoms with Crippen molar-refractivity contribution < 1.29 is 14.7 Å². The molecule has 0 unspecified atom stereocenters. The maximum Gasteiger partial charge on any atom is 0.303 e. The van der Waals surface area contributed by atoms with Gasteiger partial charge in [0.05, 0.1) is 5.75 Å². The molecule has 0 fully saturated rings. The van der Waals surface area contributed by atoms with E-state index in [1.807, 2.05) is 24.3 Å². The molecular weight excluding hydrogens is 310 g/mol. The number of nitrogens with one attached hydrogen (secondary N) is 1. The van der Waals surface area contributed by atoms with E-state index in [0.29, 0.717) is 23.7 Å². The molecule has 1 aromatic carbocycles. The Morgan fingerprint density at radius 3 is 2.52 bits per heavy atom. The van der Waals surface area contributed by atoms with Gasteiger partial charge in [0.15, 0.2) is 0 Å². The molecule has 0 aliphatic heterocycles. The van der Waals surface area contributed by atoms with E-state index in [0.717, 1.165) is 24.2 Å². The molecule has 0 atom stereocenters. The lowest BCUT2D eigenvalue weighted by Crippen LogP contribution is -2.26. The highest BCUT2D eigenvalue weighted by Crippen LogP contribution is 2.15. The van der Waals surface area contributed by atoms with Crippen LogP contribution in [0.1, 0.15) is 31.2 Å². The SMILES string of the molecule is O=C(O)CCCCCNC(=O)CSCc1ccc(Cl)cc1. The molecule has 4 nitrogen and oxygen atoms in total. The largest absolute Gasteiger partial charge is 0.481 e. The number of carbonyl (C=O) groups excluding carboxylic acids is 1. The molecule has 0 heterocycles. The van der Waals surface area contributed by atoms with E-state index in [2.05, 4.69) is 5.32 Å². The zero-order valence-corrected chi connectivity index (χ0v) is 13.4. The van der Waals surface area contributed by atoms with Crippen LogP contribution in [-0.2, 0) is 15.3 Å². The lowest BCUT2D eigenvalue weighted by molar-refractivity contribution is -0.137. The van der Waals surface area contributed by atoms with Crippen molar-refractivity contribution in [3.05, 3.63) is 34.9 Å². The number of carboxylic acids is 1. The van der Waals surface area contributed by atoms with Gasteiger partial charge in [-0.1, -0.05) is 30.2 Å². The van der Waals surface area contributed by atoms with Crippen molar-refractivity contribution in [2.45, 2.75) is 31.4 Å². The summed E-state index contributed by atoms with van der Waals surface area (Å²) in [5.41, 5.74) is 1.14. The Labute approximate surface area is 134 Å². The van der Waals surface area contributed by atoms with Gasteiger partial charge in [0.25, 0.3) is 0 Å². The topological polar surface area (TPSA) is 66.4 Å². The Morgan fingerprint density at radius 1 is 1.14 bits per heavy atom. The minimum atomic E-state index is -0.766. The van der Waals surface area contributed by atoms with Crippen molar-refractivity contribution in [1.29, 1.82) is 0 Å². The fourth-order valence-electron chi connectivity index (χ4n) is 1.70. The maximum atomic E-state index is 11.6. The molecule has 21 heavy (non-hydrogen) atoms. The third-order valence-electron chi connectivity index (χ3n) is 2.80. The zero-order valence-electron chi connectivity index (χ0n) is 11.8. The van der Waals surface area contributed by atoms with E-state index in [1.165, 1.54) is 0 Å². The molecule has 2 N–H and O–H groups in total. The number of aliphatic carboxylic acids is 1. The van der Waals surface area contributed by atoms with Gasteiger partial charge in [0.2, 0.25) is 5.91 Å². The number of halogens is 1. The van der Waals surface area contributed by atoms with Crippen LogP contribution in [0, 0.1) is 0 Å². The van der Waals surface area contributed by atoms with Crippen LogP contribution in [-0.4, -0.2) is 29.3 Å². The maximum absolute atomic E-state index is 11.6. The van der Waals surface area contributed by atoms with Crippen molar-refractivity contribution in [2.24, 2.45) is 0 Å². The highest BCUT2D eigenvalue weighted by atomic mass is 35.5. The van der Waals surface area contributed by atoms with Crippen molar-refractivity contribution in [3.8, 4) is 0 Å². The van der Waals surface area contributed by atoms with Crippen LogP contribution >= 0.6 is 23.4 Å². The van der Waals surface area contributed by atoms with Crippen LogP contribution in [0.4, 0.5) is 0 Å². The van der Waals surface area contributed by atoms with Gasteiger partial charge >= 0.3 is 5.97 Å². The van der Waals surface area contributed by atoms with Gasteiger partial charge in [-0.05, 0) is 30.5 Å². The molecule has 1 aromatic rings. The molecule has 0 radical (unpaired) electrons. The number of rotatable bonds is 10. The standard InChI is InChI=1S/C15H20ClNO3S/c16-13-7-5-12(6-8-13)10-21-11-14(18)17-9-3-1-2-4-15(19)20/h5-8H,1-4,9-11H2,(H,17,18)(H,19,20). The molecule has 0 saturated heterocycles. The van der Waals surface area contributed by atoms with Gasteiger partial charge in [0, 0.05) is 23.7 Å². The second-order valence-electron chi connectivity index (χ2n) is 4.67. The lowest BCUT2D eigenvalue weighted by Gasteiger charge is -2.05. The number of hydrogen-bond donors (Lipinski definition) is 2. The van der Waals surface area contributed by atoms with Gasteiger partial charge in [0.1, 0.15) is 0 Å². The summed E-state index contributed by atoms with van der Waals surface area (Å²) in [6.45, 7) is 0.611. The van der Waals surface area contributed by atoms with Gasteiger partial charge in [-0.25, -0.2) is 0 Å². The third-order valence-corrected chi connectivity index (χ3v) is 4.06. The lowest BCUT2D eigenvalue weighted by atomic mass is 10.2. The quantitative estimate of drug-likeness (QED) is 0.646. The minimum absolute atomic E-state index is 0.0206. The Kier molecular flexibility index (Phi) is 8.94. The van der Waals surface area contributed by atoms with Crippen LogP contribution in [0.3, 0.4) is 0 Å². The highest BCUT2D eigenvalue weighted by Gasteiger charge is 2.02. The first-order chi connectivity index (χ1) is 10.1. The van der Waals surface area contributed by atoms with Crippen molar-refractivity contribution >= 4 is 35.2 Å². The Balaban J connectivity index is 2.01. The van der Waals surface area contributed by atoms with Crippen LogP contribution in [0.25, 0.3) is 0 Å². The molecule has 0 aliphatic rings. The molecule has 6 heteroatoms. The molecule has 1 amide bonds. The van der Waals surface area contributed by atoms with E-state index in [-0.39, 0.29) is 12.3 Å². The fourth-order valence-corrected chi connectivity index (χ4v) is 2.64. The summed E-state index contributed by atoms with van der Waals surface area (Å²) in [7, 11) is 0. The summed E-state index contributed by atoms with van der Waals surface area (Å²) < 4.78 is 0. The molecular formula is C15H20ClNO3S. The van der Waals surface area contributed by atoms with Gasteiger partial charge < -0.3 is 10.4 Å². The molecule has 0 saturated carbocycles. The molecule has 0 bridgehead atoms. The van der Waals surface area contributed by atoms with Gasteiger partial charge in [-0.15, -0.1) is 11.8 Å². The summed E-state index contributed by atoms with van der Waals surface area (Å²) in [6.07, 6.45) is 2.51. The highest BCUT2D eigenvalue weighted by molar-refractivity contribution is 7.99. The van der Waals surface area contributed by atoms with Crippen LogP contribution in [0.15, 0.2) is 24.3 Å². The molecule has 1 rings (SSSR count). The summed E-state index contributed by atoms with van der Waals surface area (Å²) in [6, 6.07) is 7.59. The average molecular weight is 330 g/mol. The second-order valence-corrected chi connectivity index (χ2v) is 6.10. The number of unbranched alkanes of at least 4 members (excludes halogenated alkanes) is 2. The minimum Gasteiger partial charge on any atom is -0.481 e. The summed E-state index contributed by atoms with van der Waals surface area (Å²) >= 11 is 7.36.